The molecule has 1 atom stereocenters. The molecule has 1 unspecified atom stereocenters. The Morgan fingerprint density at radius 1 is 1.50 bits per heavy atom. The molecule has 1 aromatic rings. The van der Waals surface area contributed by atoms with E-state index < -0.39 is 0 Å². The summed E-state index contributed by atoms with van der Waals surface area (Å²) in [7, 11) is 0. The average molecular weight is 210 g/mol. The quantitative estimate of drug-likeness (QED) is 0.772. The van der Waals surface area contributed by atoms with Crippen LogP contribution < -0.4 is 4.74 Å². The lowest BCUT2D eigenvalue weighted by Crippen LogP contribution is -2.23. The second-order valence-electron chi connectivity index (χ2n) is 3.84. The maximum atomic E-state index is 9.27. The highest BCUT2D eigenvalue weighted by atomic mass is 32.2. The second-order valence-corrected chi connectivity index (χ2v) is 5.12. The average Bonchev–Trinajstić information content (AvgIpc) is 2.16. The van der Waals surface area contributed by atoms with Crippen LogP contribution >= 0.6 is 11.8 Å². The number of aromatic hydroxyl groups is 1. The van der Waals surface area contributed by atoms with Crippen LogP contribution in [0.15, 0.2) is 23.1 Å². The van der Waals surface area contributed by atoms with Gasteiger partial charge >= 0.3 is 0 Å². The predicted molar refractivity (Wildman–Crippen MR) is 58.1 cm³/mol. The van der Waals surface area contributed by atoms with E-state index in [-0.39, 0.29) is 5.75 Å². The number of rotatable bonds is 1. The summed E-state index contributed by atoms with van der Waals surface area (Å²) >= 11 is 1.84. The molecule has 1 aliphatic rings. The Hall–Kier alpha value is -0.830. The van der Waals surface area contributed by atoms with Gasteiger partial charge in [-0.05, 0) is 18.1 Å². The molecular formula is C11H14O2S. The molecular weight excluding hydrogens is 196 g/mol. The molecule has 0 saturated carbocycles. The number of benzene rings is 1. The standard InChI is InChI=1S/C11H14O2S/c1-7(2)11-6-13-9-5-8(12)3-4-10(9)14-11/h3-5,7,11-12H,6H2,1-2H3. The highest BCUT2D eigenvalue weighted by Crippen LogP contribution is 2.40. The first-order valence-corrected chi connectivity index (χ1v) is 5.67. The summed E-state index contributed by atoms with van der Waals surface area (Å²) in [5, 5.41) is 9.79. The van der Waals surface area contributed by atoms with Gasteiger partial charge in [0.1, 0.15) is 18.1 Å². The zero-order valence-corrected chi connectivity index (χ0v) is 9.17. The molecule has 1 heterocycles. The van der Waals surface area contributed by atoms with Gasteiger partial charge < -0.3 is 9.84 Å². The van der Waals surface area contributed by atoms with Gasteiger partial charge in [0.25, 0.3) is 0 Å². The summed E-state index contributed by atoms with van der Waals surface area (Å²) in [4.78, 5) is 1.13. The molecule has 2 rings (SSSR count). The lowest BCUT2D eigenvalue weighted by atomic mass is 10.1. The molecule has 76 valence electrons. The highest BCUT2D eigenvalue weighted by Gasteiger charge is 2.23. The van der Waals surface area contributed by atoms with Crippen molar-refractivity contribution in [3.05, 3.63) is 18.2 Å². The fourth-order valence-corrected chi connectivity index (χ4v) is 2.52. The van der Waals surface area contributed by atoms with E-state index in [1.807, 2.05) is 17.8 Å². The molecule has 0 bridgehead atoms. The van der Waals surface area contributed by atoms with Crippen molar-refractivity contribution in [3.63, 3.8) is 0 Å². The van der Waals surface area contributed by atoms with Gasteiger partial charge in [-0.15, -0.1) is 11.8 Å². The Morgan fingerprint density at radius 2 is 2.29 bits per heavy atom. The minimum Gasteiger partial charge on any atom is -0.508 e. The van der Waals surface area contributed by atoms with Crippen LogP contribution in [0.5, 0.6) is 11.5 Å². The number of phenols is 1. The smallest absolute Gasteiger partial charge is 0.136 e. The molecule has 0 spiro atoms. The number of phenolic OH excluding ortho intramolecular Hbond substituents is 1. The van der Waals surface area contributed by atoms with E-state index in [0.29, 0.717) is 11.2 Å². The first kappa shape index (κ1) is 9.71. The normalized spacial score (nSPS) is 20.4. The number of hydrogen-bond donors (Lipinski definition) is 1. The van der Waals surface area contributed by atoms with E-state index in [0.717, 1.165) is 17.3 Å². The molecule has 1 N–H and O–H groups in total. The molecule has 0 aliphatic carbocycles. The maximum absolute atomic E-state index is 9.27. The van der Waals surface area contributed by atoms with Crippen molar-refractivity contribution in [2.45, 2.75) is 24.0 Å². The summed E-state index contributed by atoms with van der Waals surface area (Å²) in [6.07, 6.45) is 0. The minimum absolute atomic E-state index is 0.271. The van der Waals surface area contributed by atoms with E-state index in [2.05, 4.69) is 13.8 Å². The van der Waals surface area contributed by atoms with Gasteiger partial charge in [-0.3, -0.25) is 0 Å². The van der Waals surface area contributed by atoms with Crippen molar-refractivity contribution in [1.29, 1.82) is 0 Å². The Bertz CT molecular complexity index is 336. The number of thioether (sulfide) groups is 1. The SMILES string of the molecule is CC(C)C1COc2cc(O)ccc2S1. The Morgan fingerprint density at radius 3 is 3.00 bits per heavy atom. The zero-order valence-electron chi connectivity index (χ0n) is 8.36. The van der Waals surface area contributed by atoms with Crippen LogP contribution in [0.25, 0.3) is 0 Å². The maximum Gasteiger partial charge on any atom is 0.136 e. The molecule has 0 aromatic heterocycles. The summed E-state index contributed by atoms with van der Waals surface area (Å²) in [5.41, 5.74) is 0. The molecule has 0 fully saturated rings. The predicted octanol–water partition coefficient (Wildman–Crippen LogP) is 2.90. The Kier molecular flexibility index (Phi) is 2.59. The van der Waals surface area contributed by atoms with E-state index in [4.69, 9.17) is 4.74 Å². The van der Waals surface area contributed by atoms with Crippen LogP contribution in [0.2, 0.25) is 0 Å². The molecule has 1 aromatic carbocycles. The largest absolute Gasteiger partial charge is 0.508 e. The van der Waals surface area contributed by atoms with Gasteiger partial charge in [-0.1, -0.05) is 13.8 Å². The number of hydrogen-bond acceptors (Lipinski definition) is 3. The molecule has 3 heteroatoms. The lowest BCUT2D eigenvalue weighted by molar-refractivity contribution is 0.281. The van der Waals surface area contributed by atoms with Gasteiger partial charge in [0.05, 0.1) is 4.90 Å². The van der Waals surface area contributed by atoms with Crippen LogP contribution in [-0.2, 0) is 0 Å². The van der Waals surface area contributed by atoms with Crippen LogP contribution in [0.3, 0.4) is 0 Å². The van der Waals surface area contributed by atoms with Crippen molar-refractivity contribution in [2.24, 2.45) is 5.92 Å². The van der Waals surface area contributed by atoms with Gasteiger partial charge in [0, 0.05) is 11.3 Å². The number of ether oxygens (including phenoxy) is 1. The monoisotopic (exact) mass is 210 g/mol. The summed E-state index contributed by atoms with van der Waals surface area (Å²) in [6, 6.07) is 5.31. The fourth-order valence-electron chi connectivity index (χ4n) is 1.40. The van der Waals surface area contributed by atoms with Crippen LogP contribution in [0.1, 0.15) is 13.8 Å². The highest BCUT2D eigenvalue weighted by molar-refractivity contribution is 8.00. The van der Waals surface area contributed by atoms with Crippen LogP contribution in [0.4, 0.5) is 0 Å². The summed E-state index contributed by atoms with van der Waals surface area (Å²) in [5.74, 6) is 1.70. The van der Waals surface area contributed by atoms with E-state index >= 15 is 0 Å². The van der Waals surface area contributed by atoms with Crippen LogP contribution in [-0.4, -0.2) is 17.0 Å². The number of fused-ring (bicyclic) bond motifs is 1. The van der Waals surface area contributed by atoms with Crippen molar-refractivity contribution in [2.75, 3.05) is 6.61 Å². The van der Waals surface area contributed by atoms with E-state index in [9.17, 15) is 5.11 Å². The van der Waals surface area contributed by atoms with Crippen molar-refractivity contribution < 1.29 is 9.84 Å². The van der Waals surface area contributed by atoms with Gasteiger partial charge in [-0.2, -0.15) is 0 Å². The lowest BCUT2D eigenvalue weighted by Gasteiger charge is -2.27. The second kappa shape index (κ2) is 3.73. The third kappa shape index (κ3) is 1.82. The first-order valence-electron chi connectivity index (χ1n) is 4.79. The Balaban J connectivity index is 2.23. The van der Waals surface area contributed by atoms with Gasteiger partial charge in [0.15, 0.2) is 0 Å². The topological polar surface area (TPSA) is 29.5 Å². The van der Waals surface area contributed by atoms with Crippen LogP contribution in [0, 0.1) is 5.92 Å². The van der Waals surface area contributed by atoms with Gasteiger partial charge in [0.2, 0.25) is 0 Å². The molecule has 2 nitrogen and oxygen atoms in total. The third-order valence-corrected chi connectivity index (χ3v) is 3.93. The van der Waals surface area contributed by atoms with Crippen molar-refractivity contribution in [1.82, 2.24) is 0 Å². The molecule has 0 radical (unpaired) electrons. The third-order valence-electron chi connectivity index (χ3n) is 2.35. The summed E-state index contributed by atoms with van der Waals surface area (Å²) < 4.78 is 5.60. The van der Waals surface area contributed by atoms with E-state index in [1.54, 1.807) is 12.1 Å². The molecule has 0 amide bonds. The zero-order chi connectivity index (χ0) is 10.1. The van der Waals surface area contributed by atoms with Crippen molar-refractivity contribution >= 4 is 11.8 Å². The molecule has 0 saturated heterocycles. The minimum atomic E-state index is 0.271. The molecule has 14 heavy (non-hydrogen) atoms. The van der Waals surface area contributed by atoms with Crippen molar-refractivity contribution in [3.8, 4) is 11.5 Å². The van der Waals surface area contributed by atoms with Gasteiger partial charge in [-0.25, -0.2) is 0 Å². The van der Waals surface area contributed by atoms with E-state index in [1.165, 1.54) is 0 Å². The summed E-state index contributed by atoms with van der Waals surface area (Å²) in [6.45, 7) is 5.14. The Labute approximate surface area is 88.3 Å². The first-order chi connectivity index (χ1) is 6.66. The molecule has 1 aliphatic heterocycles. The fraction of sp³-hybridized carbons (Fsp3) is 0.455.